The number of nitrogens with zero attached hydrogens (tertiary/aromatic N) is 2. The second-order valence-corrected chi connectivity index (χ2v) is 6.96. The Balaban J connectivity index is 1.73. The van der Waals surface area contributed by atoms with Gasteiger partial charge >= 0.3 is 10.2 Å². The Hall–Kier alpha value is -2.02. The lowest BCUT2D eigenvalue weighted by Gasteiger charge is -2.16. The lowest BCUT2D eigenvalue weighted by atomic mass is 10.1. The van der Waals surface area contributed by atoms with E-state index in [0.29, 0.717) is 6.54 Å². The van der Waals surface area contributed by atoms with Gasteiger partial charge in [-0.05, 0) is 12.1 Å². The Morgan fingerprint density at radius 3 is 2.77 bits per heavy atom. The summed E-state index contributed by atoms with van der Waals surface area (Å²) in [4.78, 5) is 17.9. The molecule has 0 bridgehead atoms. The lowest BCUT2D eigenvalue weighted by Crippen LogP contribution is -2.25. The molecule has 1 aliphatic rings. The first-order valence-electron chi connectivity index (χ1n) is 6.95. The van der Waals surface area contributed by atoms with Gasteiger partial charge in [-0.1, -0.05) is 24.3 Å². The number of benzene rings is 1. The molecule has 1 unspecified atom stereocenters. The van der Waals surface area contributed by atoms with Crippen molar-refractivity contribution in [2.45, 2.75) is 13.0 Å². The Morgan fingerprint density at radius 2 is 2.00 bits per heavy atom. The molecule has 0 radical (unpaired) electrons. The van der Waals surface area contributed by atoms with Gasteiger partial charge in [0.15, 0.2) is 0 Å². The highest BCUT2D eigenvalue weighted by molar-refractivity contribution is 7.86. The van der Waals surface area contributed by atoms with Crippen molar-refractivity contribution in [3.63, 3.8) is 0 Å². The van der Waals surface area contributed by atoms with E-state index < -0.39 is 21.9 Å². The Bertz CT molecular complexity index is 822. The number of aromatic nitrogens is 1. The van der Waals surface area contributed by atoms with E-state index in [4.69, 9.17) is 0 Å². The predicted molar refractivity (Wildman–Crippen MR) is 80.2 cm³/mol. The van der Waals surface area contributed by atoms with Crippen molar-refractivity contribution >= 4 is 27.0 Å². The molecule has 1 atom stereocenters. The molecule has 3 rings (SSSR count). The van der Waals surface area contributed by atoms with Crippen LogP contribution in [-0.4, -0.2) is 36.5 Å². The predicted octanol–water partition coefficient (Wildman–Crippen LogP) is 1.88. The number of hydrogen-bond acceptors (Lipinski definition) is 4. The second kappa shape index (κ2) is 5.64. The Morgan fingerprint density at radius 1 is 1.23 bits per heavy atom. The number of halogens is 1. The van der Waals surface area contributed by atoms with Crippen LogP contribution in [0.2, 0.25) is 0 Å². The molecule has 22 heavy (non-hydrogen) atoms. The maximum atomic E-state index is 12.7. The van der Waals surface area contributed by atoms with E-state index >= 15 is 0 Å². The number of para-hydroxylation sites is 1. The number of pyridine rings is 1. The monoisotopic (exact) mass is 322 g/mol. The average molecular weight is 322 g/mol. The van der Waals surface area contributed by atoms with E-state index in [9.17, 15) is 17.1 Å². The standard InChI is InChI=1S/C15H15FN2O3S/c16-22(20,21)10-11-7-15(19)18(8-11)9-13-6-5-12-3-1-2-4-14(12)17-13/h1-6,11H,7-10H2. The van der Waals surface area contributed by atoms with E-state index in [1.54, 1.807) is 0 Å². The highest BCUT2D eigenvalue weighted by Crippen LogP contribution is 2.22. The summed E-state index contributed by atoms with van der Waals surface area (Å²) < 4.78 is 34.1. The molecule has 0 spiro atoms. The van der Waals surface area contributed by atoms with Gasteiger partial charge in [0, 0.05) is 24.3 Å². The summed E-state index contributed by atoms with van der Waals surface area (Å²) in [6.45, 7) is 0.559. The van der Waals surface area contributed by atoms with Crippen LogP contribution in [-0.2, 0) is 21.6 Å². The highest BCUT2D eigenvalue weighted by Gasteiger charge is 2.32. The molecule has 2 heterocycles. The third-order valence-corrected chi connectivity index (χ3v) is 4.61. The van der Waals surface area contributed by atoms with Crippen LogP contribution in [0.1, 0.15) is 12.1 Å². The molecule has 1 fully saturated rings. The van der Waals surface area contributed by atoms with Gasteiger partial charge in [0.25, 0.3) is 0 Å². The number of carbonyl (C=O) groups is 1. The van der Waals surface area contributed by atoms with Crippen LogP contribution < -0.4 is 0 Å². The lowest BCUT2D eigenvalue weighted by molar-refractivity contribution is -0.128. The molecule has 0 saturated carbocycles. The molecule has 1 aromatic carbocycles. The fraction of sp³-hybridized carbons (Fsp3) is 0.333. The molecule has 5 nitrogen and oxygen atoms in total. The highest BCUT2D eigenvalue weighted by atomic mass is 32.3. The molecule has 1 aromatic heterocycles. The smallest absolute Gasteiger partial charge is 0.302 e. The Labute approximate surface area is 128 Å². The SMILES string of the molecule is O=C1CC(CS(=O)(=O)F)CN1Cc1ccc2ccccc2n1. The topological polar surface area (TPSA) is 67.3 Å². The molecule has 7 heteroatoms. The summed E-state index contributed by atoms with van der Waals surface area (Å²) in [5.74, 6) is -1.24. The zero-order valence-electron chi connectivity index (χ0n) is 11.8. The van der Waals surface area contributed by atoms with Gasteiger partial charge < -0.3 is 4.90 Å². The van der Waals surface area contributed by atoms with Crippen LogP contribution >= 0.6 is 0 Å². The molecule has 116 valence electrons. The summed E-state index contributed by atoms with van der Waals surface area (Å²) in [6, 6.07) is 11.4. The van der Waals surface area contributed by atoms with Crippen LogP contribution in [0.3, 0.4) is 0 Å². The van der Waals surface area contributed by atoms with Gasteiger partial charge in [0.1, 0.15) is 0 Å². The second-order valence-electron chi connectivity index (χ2n) is 5.55. The van der Waals surface area contributed by atoms with Gasteiger partial charge in [-0.25, -0.2) is 0 Å². The zero-order valence-corrected chi connectivity index (χ0v) is 12.6. The molecule has 2 aromatic rings. The molecule has 1 amide bonds. The molecular weight excluding hydrogens is 307 g/mol. The third kappa shape index (κ3) is 3.41. The minimum Gasteiger partial charge on any atom is -0.336 e. The van der Waals surface area contributed by atoms with Gasteiger partial charge in [-0.15, -0.1) is 3.89 Å². The fourth-order valence-corrected chi connectivity index (χ4v) is 3.58. The first kappa shape index (κ1) is 14.9. The number of rotatable bonds is 4. The minimum absolute atomic E-state index is 0.0662. The first-order chi connectivity index (χ1) is 10.4. The van der Waals surface area contributed by atoms with Crippen molar-refractivity contribution in [3.8, 4) is 0 Å². The van der Waals surface area contributed by atoms with Crippen molar-refractivity contribution in [1.82, 2.24) is 9.88 Å². The molecule has 0 aliphatic carbocycles. The van der Waals surface area contributed by atoms with E-state index in [0.717, 1.165) is 16.6 Å². The summed E-state index contributed by atoms with van der Waals surface area (Å²) in [6.07, 6.45) is 0.0662. The van der Waals surface area contributed by atoms with Crippen molar-refractivity contribution < 1.29 is 17.1 Å². The largest absolute Gasteiger partial charge is 0.336 e. The first-order valence-corrected chi connectivity index (χ1v) is 8.51. The van der Waals surface area contributed by atoms with E-state index in [1.807, 2.05) is 36.4 Å². The molecule has 1 aliphatic heterocycles. The number of fused-ring (bicyclic) bond motifs is 1. The number of amides is 1. The van der Waals surface area contributed by atoms with Crippen LogP contribution in [0.4, 0.5) is 3.89 Å². The van der Waals surface area contributed by atoms with Crippen LogP contribution in [0.5, 0.6) is 0 Å². The summed E-state index contributed by atoms with van der Waals surface area (Å²) in [5, 5.41) is 1.01. The summed E-state index contributed by atoms with van der Waals surface area (Å²) >= 11 is 0. The maximum Gasteiger partial charge on any atom is 0.302 e. The van der Waals surface area contributed by atoms with Crippen LogP contribution in [0.25, 0.3) is 10.9 Å². The van der Waals surface area contributed by atoms with Crippen LogP contribution in [0, 0.1) is 5.92 Å². The number of hydrogen-bond donors (Lipinski definition) is 0. The zero-order chi connectivity index (χ0) is 15.7. The van der Waals surface area contributed by atoms with Crippen LogP contribution in [0.15, 0.2) is 36.4 Å². The van der Waals surface area contributed by atoms with Gasteiger partial charge in [0.2, 0.25) is 5.91 Å². The quantitative estimate of drug-likeness (QED) is 0.806. The van der Waals surface area contributed by atoms with Gasteiger partial charge in [-0.2, -0.15) is 8.42 Å². The molecule has 1 saturated heterocycles. The normalized spacial score (nSPS) is 19.0. The van der Waals surface area contributed by atoms with Gasteiger partial charge in [0.05, 0.1) is 23.5 Å². The minimum atomic E-state index is -4.55. The number of likely N-dealkylation sites (tertiary alicyclic amines) is 1. The van der Waals surface area contributed by atoms with Crippen molar-refractivity contribution in [3.05, 3.63) is 42.1 Å². The Kier molecular flexibility index (Phi) is 3.82. The summed E-state index contributed by atoms with van der Waals surface area (Å²) in [7, 11) is -4.55. The molecule has 0 N–H and O–H groups in total. The maximum absolute atomic E-state index is 12.7. The van der Waals surface area contributed by atoms with E-state index in [1.165, 1.54) is 4.90 Å². The van der Waals surface area contributed by atoms with Crippen molar-refractivity contribution in [2.75, 3.05) is 12.3 Å². The fourth-order valence-electron chi connectivity index (χ4n) is 2.79. The summed E-state index contributed by atoms with van der Waals surface area (Å²) in [5.41, 5.74) is 1.57. The van der Waals surface area contributed by atoms with E-state index in [-0.39, 0.29) is 18.9 Å². The van der Waals surface area contributed by atoms with Crippen molar-refractivity contribution in [1.29, 1.82) is 0 Å². The number of carbonyl (C=O) groups excluding carboxylic acids is 1. The third-order valence-electron chi connectivity index (χ3n) is 3.74. The van der Waals surface area contributed by atoms with Crippen molar-refractivity contribution in [2.24, 2.45) is 5.92 Å². The average Bonchev–Trinajstić information content (AvgIpc) is 2.76. The van der Waals surface area contributed by atoms with E-state index in [2.05, 4.69) is 4.98 Å². The molecular formula is C15H15FN2O3S. The van der Waals surface area contributed by atoms with Gasteiger partial charge in [-0.3, -0.25) is 9.78 Å².